The molecule has 0 aliphatic carbocycles. The van der Waals surface area contributed by atoms with Gasteiger partial charge in [-0.05, 0) is 45.0 Å². The molecule has 0 aliphatic rings. The summed E-state index contributed by atoms with van der Waals surface area (Å²) in [5, 5.41) is 0. The minimum Gasteiger partial charge on any atom is -0.326 e. The second-order valence-corrected chi connectivity index (χ2v) is 9.65. The van der Waals surface area contributed by atoms with Crippen molar-refractivity contribution in [3.63, 3.8) is 0 Å². The maximum Gasteiger partial charge on any atom is 0.175 e. The van der Waals surface area contributed by atoms with Crippen molar-refractivity contribution in [2.24, 2.45) is 0 Å². The number of imidazole rings is 1. The van der Waals surface area contributed by atoms with Gasteiger partial charge < -0.3 is 4.57 Å². The summed E-state index contributed by atoms with van der Waals surface area (Å²) in [7, 11) is -3.30. The summed E-state index contributed by atoms with van der Waals surface area (Å²) in [6.45, 7) is 6.27. The van der Waals surface area contributed by atoms with E-state index in [1.165, 1.54) is 6.26 Å². The van der Waals surface area contributed by atoms with Gasteiger partial charge in [-0.3, -0.25) is 4.98 Å². The van der Waals surface area contributed by atoms with Crippen LogP contribution in [0.3, 0.4) is 0 Å². The summed E-state index contributed by atoms with van der Waals surface area (Å²) in [6.07, 6.45) is 5.22. The summed E-state index contributed by atoms with van der Waals surface area (Å²) < 4.78 is 25.9. The number of benzene rings is 1. The van der Waals surface area contributed by atoms with E-state index in [-0.39, 0.29) is 4.90 Å². The minimum absolute atomic E-state index is 0.249. The zero-order valence-electron chi connectivity index (χ0n) is 17.4. The number of sulfone groups is 1. The van der Waals surface area contributed by atoms with Crippen molar-refractivity contribution in [1.82, 2.24) is 24.5 Å². The molecule has 0 bridgehead atoms. The van der Waals surface area contributed by atoms with E-state index >= 15 is 0 Å². The van der Waals surface area contributed by atoms with Crippen molar-refractivity contribution in [1.29, 1.82) is 0 Å². The fourth-order valence-corrected chi connectivity index (χ4v) is 4.26. The molecule has 0 fully saturated rings. The SMILES string of the molecule is Cc1nc2cnc(Cc3ccnc(-c4cccc(S(C)(=O)=O)c4)n3)cc2n1C(C)C. The largest absolute Gasteiger partial charge is 0.326 e. The van der Waals surface area contributed by atoms with Crippen molar-refractivity contribution < 1.29 is 8.42 Å². The Hall–Kier alpha value is -3.13. The van der Waals surface area contributed by atoms with Gasteiger partial charge in [-0.1, -0.05) is 12.1 Å². The third-order valence-corrected chi connectivity index (χ3v) is 6.03. The van der Waals surface area contributed by atoms with Crippen LogP contribution in [-0.2, 0) is 16.3 Å². The van der Waals surface area contributed by atoms with Gasteiger partial charge in [-0.25, -0.2) is 23.4 Å². The molecule has 0 spiro atoms. The predicted octanol–water partition coefficient (Wildman–Crippen LogP) is 3.77. The maximum atomic E-state index is 11.9. The van der Waals surface area contributed by atoms with Crippen LogP contribution in [-0.4, -0.2) is 39.2 Å². The smallest absolute Gasteiger partial charge is 0.175 e. The Balaban J connectivity index is 1.68. The normalized spacial score (nSPS) is 12.0. The molecule has 0 amide bonds. The molecule has 0 radical (unpaired) electrons. The van der Waals surface area contributed by atoms with E-state index in [2.05, 4.69) is 44.4 Å². The Bertz CT molecular complexity index is 1340. The van der Waals surface area contributed by atoms with E-state index in [0.29, 0.717) is 23.9 Å². The minimum atomic E-state index is -3.30. The number of hydrogen-bond acceptors (Lipinski definition) is 6. The van der Waals surface area contributed by atoms with Gasteiger partial charge in [0.15, 0.2) is 15.7 Å². The second kappa shape index (κ2) is 7.60. The summed E-state index contributed by atoms with van der Waals surface area (Å²) in [4.78, 5) is 18.3. The van der Waals surface area contributed by atoms with Gasteiger partial charge in [0.05, 0.1) is 22.3 Å². The van der Waals surface area contributed by atoms with Gasteiger partial charge in [0.25, 0.3) is 0 Å². The molecule has 0 atom stereocenters. The average molecular weight is 422 g/mol. The van der Waals surface area contributed by atoms with Crippen molar-refractivity contribution in [2.45, 2.75) is 38.1 Å². The molecule has 0 saturated heterocycles. The first-order chi connectivity index (χ1) is 14.2. The fraction of sp³-hybridized carbons (Fsp3) is 0.273. The zero-order valence-corrected chi connectivity index (χ0v) is 18.2. The van der Waals surface area contributed by atoms with E-state index in [9.17, 15) is 8.42 Å². The lowest BCUT2D eigenvalue weighted by atomic mass is 10.1. The summed E-state index contributed by atoms with van der Waals surface area (Å²) in [5.74, 6) is 1.45. The number of rotatable bonds is 5. The van der Waals surface area contributed by atoms with Crippen LogP contribution in [0.5, 0.6) is 0 Å². The van der Waals surface area contributed by atoms with E-state index in [1.54, 1.807) is 30.6 Å². The second-order valence-electron chi connectivity index (χ2n) is 7.64. The third-order valence-electron chi connectivity index (χ3n) is 4.92. The third kappa shape index (κ3) is 3.95. The van der Waals surface area contributed by atoms with Crippen molar-refractivity contribution in [2.75, 3.05) is 6.26 Å². The van der Waals surface area contributed by atoms with Crippen LogP contribution >= 0.6 is 0 Å². The highest BCUT2D eigenvalue weighted by atomic mass is 32.2. The Morgan fingerprint density at radius 2 is 1.83 bits per heavy atom. The maximum absolute atomic E-state index is 11.9. The highest BCUT2D eigenvalue weighted by molar-refractivity contribution is 7.90. The number of fused-ring (bicyclic) bond motifs is 1. The molecule has 3 heterocycles. The van der Waals surface area contributed by atoms with E-state index in [0.717, 1.165) is 28.2 Å². The van der Waals surface area contributed by atoms with E-state index in [1.807, 2.05) is 19.1 Å². The highest BCUT2D eigenvalue weighted by Gasteiger charge is 2.13. The molecule has 7 nitrogen and oxygen atoms in total. The van der Waals surface area contributed by atoms with Crippen LogP contribution < -0.4 is 0 Å². The van der Waals surface area contributed by atoms with Crippen LogP contribution in [0.2, 0.25) is 0 Å². The number of nitrogens with zero attached hydrogens (tertiary/aromatic N) is 5. The van der Waals surface area contributed by atoms with Gasteiger partial charge in [0.2, 0.25) is 0 Å². The van der Waals surface area contributed by atoms with Gasteiger partial charge >= 0.3 is 0 Å². The number of pyridine rings is 1. The van der Waals surface area contributed by atoms with Gasteiger partial charge in [0, 0.05) is 36.2 Å². The zero-order chi connectivity index (χ0) is 21.5. The van der Waals surface area contributed by atoms with Crippen LogP contribution in [0, 0.1) is 6.92 Å². The van der Waals surface area contributed by atoms with Crippen molar-refractivity contribution in [3.05, 3.63) is 66.0 Å². The lowest BCUT2D eigenvalue weighted by Crippen LogP contribution is -2.03. The number of aryl methyl sites for hydroxylation is 1. The van der Waals surface area contributed by atoms with Crippen LogP contribution in [0.1, 0.15) is 37.1 Å². The van der Waals surface area contributed by atoms with Crippen LogP contribution in [0.25, 0.3) is 22.4 Å². The van der Waals surface area contributed by atoms with Crippen LogP contribution in [0.15, 0.2) is 53.7 Å². The monoisotopic (exact) mass is 421 g/mol. The molecule has 154 valence electrons. The Kier molecular flexibility index (Phi) is 5.11. The van der Waals surface area contributed by atoms with Gasteiger partial charge in [-0.2, -0.15) is 0 Å². The summed E-state index contributed by atoms with van der Waals surface area (Å²) in [5.41, 5.74) is 4.30. The molecule has 0 N–H and O–H groups in total. The molecule has 0 unspecified atom stereocenters. The molecular formula is C22H23N5O2S. The lowest BCUT2D eigenvalue weighted by molar-refractivity contribution is 0.599. The molecule has 0 aliphatic heterocycles. The lowest BCUT2D eigenvalue weighted by Gasteiger charge is -2.11. The van der Waals surface area contributed by atoms with E-state index in [4.69, 9.17) is 0 Å². The first-order valence-corrected chi connectivity index (χ1v) is 11.6. The first-order valence-electron chi connectivity index (χ1n) is 9.68. The topological polar surface area (TPSA) is 90.6 Å². The molecule has 0 saturated carbocycles. The van der Waals surface area contributed by atoms with Crippen molar-refractivity contribution in [3.8, 4) is 11.4 Å². The van der Waals surface area contributed by atoms with Gasteiger partial charge in [0.1, 0.15) is 11.3 Å². The molecule has 30 heavy (non-hydrogen) atoms. The summed E-state index contributed by atoms with van der Waals surface area (Å²) >= 11 is 0. The van der Waals surface area contributed by atoms with Crippen LogP contribution in [0.4, 0.5) is 0 Å². The molecule has 3 aromatic heterocycles. The fourth-order valence-electron chi connectivity index (χ4n) is 3.59. The molecule has 4 rings (SSSR count). The quantitative estimate of drug-likeness (QED) is 0.487. The highest BCUT2D eigenvalue weighted by Crippen LogP contribution is 2.23. The molecule has 4 aromatic rings. The number of hydrogen-bond donors (Lipinski definition) is 0. The standard InChI is InChI=1S/C22H23N5O2S/c1-14(2)27-15(3)25-20-13-24-18(12-21(20)27)11-17-8-9-23-22(26-17)16-6-5-7-19(10-16)30(4,28)29/h5-10,12-14H,11H2,1-4H3. The Morgan fingerprint density at radius 3 is 2.57 bits per heavy atom. The molecule has 1 aromatic carbocycles. The first kappa shape index (κ1) is 20.2. The number of aromatic nitrogens is 5. The summed E-state index contributed by atoms with van der Waals surface area (Å²) in [6, 6.07) is 10.9. The molecule has 8 heteroatoms. The van der Waals surface area contributed by atoms with E-state index < -0.39 is 9.84 Å². The Morgan fingerprint density at radius 1 is 1.03 bits per heavy atom. The average Bonchev–Trinajstić information content (AvgIpc) is 3.03. The molecular weight excluding hydrogens is 398 g/mol. The predicted molar refractivity (Wildman–Crippen MR) is 116 cm³/mol. The Labute approximate surface area is 175 Å². The van der Waals surface area contributed by atoms with Gasteiger partial charge in [-0.15, -0.1) is 0 Å². The van der Waals surface area contributed by atoms with Crippen molar-refractivity contribution >= 4 is 20.9 Å².